The molecular formula is C9H12N4O. The summed E-state index contributed by atoms with van der Waals surface area (Å²) in [7, 11) is 0. The largest absolute Gasteiger partial charge is 0.496 e. The van der Waals surface area contributed by atoms with E-state index < -0.39 is 0 Å². The van der Waals surface area contributed by atoms with Crippen molar-refractivity contribution >= 4 is 0 Å². The minimum absolute atomic E-state index is 0.166. The van der Waals surface area contributed by atoms with E-state index in [0.717, 1.165) is 24.5 Å². The highest BCUT2D eigenvalue weighted by Crippen LogP contribution is 2.23. The van der Waals surface area contributed by atoms with Crippen LogP contribution in [0, 0.1) is 0 Å². The third-order valence-electron chi connectivity index (χ3n) is 2.08. The highest BCUT2D eigenvalue weighted by atomic mass is 16.5. The van der Waals surface area contributed by atoms with E-state index in [1.54, 1.807) is 6.20 Å². The molecule has 1 atom stereocenters. The summed E-state index contributed by atoms with van der Waals surface area (Å²) in [5.41, 5.74) is 3.49. The van der Waals surface area contributed by atoms with Gasteiger partial charge in [0.15, 0.2) is 0 Å². The zero-order valence-corrected chi connectivity index (χ0v) is 7.68. The Labute approximate surface area is 82.0 Å². The number of ether oxygens (including phenoxy) is 1. The molecule has 0 aromatic carbocycles. The fraction of sp³-hybridized carbons (Fsp3) is 0.333. The Morgan fingerprint density at radius 2 is 2.50 bits per heavy atom. The van der Waals surface area contributed by atoms with E-state index in [1.807, 2.05) is 12.1 Å². The van der Waals surface area contributed by atoms with Crippen molar-refractivity contribution in [2.45, 2.75) is 12.5 Å². The first kappa shape index (κ1) is 9.11. The maximum Gasteiger partial charge on any atom is 0.120 e. The van der Waals surface area contributed by atoms with Gasteiger partial charge in [-0.3, -0.25) is 5.84 Å². The lowest BCUT2D eigenvalue weighted by molar-refractivity contribution is 0.214. The second kappa shape index (κ2) is 4.17. The minimum atomic E-state index is -0.166. The van der Waals surface area contributed by atoms with Crippen LogP contribution in [0.15, 0.2) is 30.4 Å². The molecule has 74 valence electrons. The molecule has 0 amide bonds. The van der Waals surface area contributed by atoms with Gasteiger partial charge < -0.3 is 4.74 Å². The van der Waals surface area contributed by atoms with Crippen molar-refractivity contribution in [3.05, 3.63) is 36.1 Å². The van der Waals surface area contributed by atoms with Crippen LogP contribution >= 0.6 is 0 Å². The molecule has 1 aromatic heterocycles. The number of rotatable bonds is 3. The molecule has 1 aliphatic heterocycles. The molecule has 1 aromatic rings. The maximum atomic E-state index is 5.45. The van der Waals surface area contributed by atoms with Crippen LogP contribution in [0.2, 0.25) is 0 Å². The zero-order valence-electron chi connectivity index (χ0n) is 7.68. The first-order chi connectivity index (χ1) is 6.92. The molecule has 0 saturated heterocycles. The predicted octanol–water partition coefficient (Wildman–Crippen LogP) is 0.285. The van der Waals surface area contributed by atoms with Crippen molar-refractivity contribution in [3.8, 4) is 0 Å². The summed E-state index contributed by atoms with van der Waals surface area (Å²) >= 11 is 0. The van der Waals surface area contributed by atoms with Gasteiger partial charge in [-0.15, -0.1) is 0 Å². The molecule has 0 spiro atoms. The van der Waals surface area contributed by atoms with Crippen molar-refractivity contribution in [2.75, 3.05) is 6.61 Å². The number of hydrazine groups is 1. The van der Waals surface area contributed by atoms with Crippen molar-refractivity contribution in [2.24, 2.45) is 5.84 Å². The van der Waals surface area contributed by atoms with Gasteiger partial charge in [-0.25, -0.2) is 15.4 Å². The first-order valence-electron chi connectivity index (χ1n) is 4.46. The monoisotopic (exact) mass is 192 g/mol. The van der Waals surface area contributed by atoms with E-state index in [0.29, 0.717) is 0 Å². The van der Waals surface area contributed by atoms with Crippen LogP contribution in [0.5, 0.6) is 0 Å². The predicted molar refractivity (Wildman–Crippen MR) is 50.7 cm³/mol. The Balaban J connectivity index is 2.21. The van der Waals surface area contributed by atoms with Crippen molar-refractivity contribution in [1.82, 2.24) is 15.4 Å². The first-order valence-corrected chi connectivity index (χ1v) is 4.46. The van der Waals surface area contributed by atoms with E-state index >= 15 is 0 Å². The van der Waals surface area contributed by atoms with Crippen molar-refractivity contribution in [3.63, 3.8) is 0 Å². The van der Waals surface area contributed by atoms with E-state index in [9.17, 15) is 0 Å². The van der Waals surface area contributed by atoms with E-state index in [1.165, 1.54) is 6.33 Å². The summed E-state index contributed by atoms with van der Waals surface area (Å²) in [4.78, 5) is 7.97. The SMILES string of the molecule is NNC(C1=CCCO1)c1ccncn1. The van der Waals surface area contributed by atoms with E-state index in [4.69, 9.17) is 10.6 Å². The molecule has 2 heterocycles. The van der Waals surface area contributed by atoms with Gasteiger partial charge in [0, 0.05) is 12.6 Å². The molecule has 14 heavy (non-hydrogen) atoms. The molecule has 1 unspecified atom stereocenters. The molecule has 0 fully saturated rings. The smallest absolute Gasteiger partial charge is 0.120 e. The maximum absolute atomic E-state index is 5.45. The zero-order chi connectivity index (χ0) is 9.80. The fourth-order valence-electron chi connectivity index (χ4n) is 1.42. The summed E-state index contributed by atoms with van der Waals surface area (Å²) in [6.45, 7) is 0.721. The number of nitrogens with zero attached hydrogens (tertiary/aromatic N) is 2. The molecule has 5 heteroatoms. The number of aromatic nitrogens is 2. The van der Waals surface area contributed by atoms with Gasteiger partial charge in [0.1, 0.15) is 18.1 Å². The highest BCUT2D eigenvalue weighted by Gasteiger charge is 2.20. The van der Waals surface area contributed by atoms with Crippen LogP contribution in [-0.4, -0.2) is 16.6 Å². The summed E-state index contributed by atoms with van der Waals surface area (Å²) in [5.74, 6) is 6.29. The minimum Gasteiger partial charge on any atom is -0.496 e. The van der Waals surface area contributed by atoms with Crippen LogP contribution in [0.3, 0.4) is 0 Å². The summed E-state index contributed by atoms with van der Waals surface area (Å²) in [5, 5.41) is 0. The second-order valence-corrected chi connectivity index (χ2v) is 2.98. The molecule has 2 rings (SSSR count). The number of nitrogens with two attached hydrogens (primary N) is 1. The van der Waals surface area contributed by atoms with Crippen LogP contribution in [0.4, 0.5) is 0 Å². The van der Waals surface area contributed by atoms with Crippen LogP contribution < -0.4 is 11.3 Å². The Kier molecular flexibility index (Phi) is 2.71. The van der Waals surface area contributed by atoms with Gasteiger partial charge in [-0.05, 0) is 12.1 Å². The Morgan fingerprint density at radius 3 is 3.07 bits per heavy atom. The Morgan fingerprint density at radius 1 is 1.57 bits per heavy atom. The average molecular weight is 192 g/mol. The van der Waals surface area contributed by atoms with Crippen molar-refractivity contribution < 1.29 is 4.74 Å². The second-order valence-electron chi connectivity index (χ2n) is 2.98. The van der Waals surface area contributed by atoms with Gasteiger partial charge in [0.2, 0.25) is 0 Å². The number of hydrogen-bond donors (Lipinski definition) is 2. The normalized spacial score (nSPS) is 17.4. The summed E-state index contributed by atoms with van der Waals surface area (Å²) in [6, 6.07) is 1.65. The number of nitrogens with one attached hydrogen (secondary N) is 1. The van der Waals surface area contributed by atoms with Gasteiger partial charge in [0.05, 0.1) is 12.3 Å². The van der Waals surface area contributed by atoms with Gasteiger partial charge in [-0.1, -0.05) is 0 Å². The van der Waals surface area contributed by atoms with Gasteiger partial charge in [0.25, 0.3) is 0 Å². The van der Waals surface area contributed by atoms with Crippen LogP contribution in [0.25, 0.3) is 0 Å². The van der Waals surface area contributed by atoms with E-state index in [-0.39, 0.29) is 6.04 Å². The Bertz CT molecular complexity index is 325. The lowest BCUT2D eigenvalue weighted by Gasteiger charge is -2.15. The third kappa shape index (κ3) is 1.73. The van der Waals surface area contributed by atoms with Crippen LogP contribution in [0.1, 0.15) is 18.2 Å². The lowest BCUT2D eigenvalue weighted by Crippen LogP contribution is -2.30. The molecular weight excluding hydrogens is 180 g/mol. The topological polar surface area (TPSA) is 73.1 Å². The molecule has 3 N–H and O–H groups in total. The molecule has 1 aliphatic rings. The van der Waals surface area contributed by atoms with Gasteiger partial charge >= 0.3 is 0 Å². The average Bonchev–Trinajstić information content (AvgIpc) is 2.74. The van der Waals surface area contributed by atoms with Gasteiger partial charge in [-0.2, -0.15) is 0 Å². The number of hydrogen-bond acceptors (Lipinski definition) is 5. The molecule has 0 radical (unpaired) electrons. The molecule has 5 nitrogen and oxygen atoms in total. The Hall–Kier alpha value is -1.46. The van der Waals surface area contributed by atoms with Crippen molar-refractivity contribution in [1.29, 1.82) is 0 Å². The summed E-state index contributed by atoms with van der Waals surface area (Å²) in [6.07, 6.45) is 6.13. The quantitative estimate of drug-likeness (QED) is 0.531. The lowest BCUT2D eigenvalue weighted by atomic mass is 10.1. The van der Waals surface area contributed by atoms with E-state index in [2.05, 4.69) is 15.4 Å². The molecule has 0 saturated carbocycles. The highest BCUT2D eigenvalue weighted by molar-refractivity contribution is 5.18. The van der Waals surface area contributed by atoms with Crippen LogP contribution in [-0.2, 0) is 4.74 Å². The molecule has 0 bridgehead atoms. The fourth-order valence-corrected chi connectivity index (χ4v) is 1.42. The standard InChI is InChI=1S/C9H12N4O/c10-13-9(8-2-1-5-14-8)7-3-4-11-6-12-7/h2-4,6,9,13H,1,5,10H2. The molecule has 0 aliphatic carbocycles. The third-order valence-corrected chi connectivity index (χ3v) is 2.08. The summed E-state index contributed by atoms with van der Waals surface area (Å²) < 4.78 is 5.42.